The van der Waals surface area contributed by atoms with Gasteiger partial charge in [-0.1, -0.05) is 48.5 Å². The van der Waals surface area contributed by atoms with Crippen LogP contribution in [0.1, 0.15) is 11.1 Å². The number of benzene rings is 3. The Morgan fingerprint density at radius 3 is 1.68 bits per heavy atom. The van der Waals surface area contributed by atoms with Crippen molar-refractivity contribution in [3.8, 4) is 45.6 Å². The van der Waals surface area contributed by atoms with Crippen molar-refractivity contribution in [2.75, 3.05) is 0 Å². The van der Waals surface area contributed by atoms with E-state index in [0.29, 0.717) is 11.1 Å². The number of hydrogen-bond acceptors (Lipinski definition) is 3. The molecule has 3 aromatic carbocycles. The van der Waals surface area contributed by atoms with Gasteiger partial charge in [-0.25, -0.2) is 0 Å². The van der Waals surface area contributed by atoms with Crippen molar-refractivity contribution in [3.63, 3.8) is 0 Å². The molecule has 0 unspecified atom stereocenters. The van der Waals surface area contributed by atoms with Gasteiger partial charge in [0.05, 0.1) is 29.0 Å². The van der Waals surface area contributed by atoms with Crippen LogP contribution in [0.15, 0.2) is 91.1 Å². The van der Waals surface area contributed by atoms with Crippen LogP contribution >= 0.6 is 0 Å². The highest BCUT2D eigenvalue weighted by Crippen LogP contribution is 2.39. The largest absolute Gasteiger partial charge is 0.256 e. The summed E-state index contributed by atoms with van der Waals surface area (Å²) in [5.41, 5.74) is 6.95. The van der Waals surface area contributed by atoms with Gasteiger partial charge in [0.2, 0.25) is 0 Å². The second kappa shape index (κ2) is 7.58. The van der Waals surface area contributed by atoms with Crippen LogP contribution in [0.3, 0.4) is 0 Å². The second-order valence-corrected chi connectivity index (χ2v) is 6.33. The molecular weight excluding hydrogens is 342 g/mol. The van der Waals surface area contributed by atoms with Crippen LogP contribution in [0.5, 0.6) is 0 Å². The van der Waals surface area contributed by atoms with Crippen molar-refractivity contribution >= 4 is 0 Å². The van der Waals surface area contributed by atoms with Crippen LogP contribution in [0.25, 0.3) is 33.5 Å². The maximum absolute atomic E-state index is 9.29. The first-order valence-electron chi connectivity index (χ1n) is 8.85. The first-order chi connectivity index (χ1) is 13.8. The summed E-state index contributed by atoms with van der Waals surface area (Å²) < 4.78 is 0. The molecule has 0 amide bonds. The predicted octanol–water partition coefficient (Wildman–Crippen LogP) is 5.83. The van der Waals surface area contributed by atoms with Crippen molar-refractivity contribution in [1.82, 2.24) is 4.98 Å². The van der Waals surface area contributed by atoms with Crippen molar-refractivity contribution in [2.45, 2.75) is 0 Å². The number of hydrogen-bond donors (Lipinski definition) is 0. The quantitative estimate of drug-likeness (QED) is 0.464. The summed E-state index contributed by atoms with van der Waals surface area (Å²) in [6.07, 6.45) is 1.77. The highest BCUT2D eigenvalue weighted by molar-refractivity contribution is 5.93. The van der Waals surface area contributed by atoms with E-state index in [9.17, 15) is 10.5 Å². The van der Waals surface area contributed by atoms with Crippen LogP contribution < -0.4 is 0 Å². The standard InChI is InChI=1S/C25H15N3/c26-16-18-6-3-8-20(14-18)22-10-5-11-23(21-9-4-7-19(15-21)17-27)25(22)24-12-1-2-13-28-24/h1-15H. The third-order valence-electron chi connectivity index (χ3n) is 4.59. The summed E-state index contributed by atoms with van der Waals surface area (Å²) in [5.74, 6) is 0. The van der Waals surface area contributed by atoms with E-state index in [0.717, 1.165) is 33.5 Å². The molecule has 0 atom stereocenters. The van der Waals surface area contributed by atoms with Crippen LogP contribution in [0.4, 0.5) is 0 Å². The molecule has 0 aliphatic rings. The fourth-order valence-electron chi connectivity index (χ4n) is 3.33. The van der Waals surface area contributed by atoms with Gasteiger partial charge < -0.3 is 0 Å². The lowest BCUT2D eigenvalue weighted by molar-refractivity contribution is 1.32. The first kappa shape index (κ1) is 17.2. The summed E-state index contributed by atoms with van der Waals surface area (Å²) >= 11 is 0. The summed E-state index contributed by atoms with van der Waals surface area (Å²) in [4.78, 5) is 4.58. The Hall–Kier alpha value is -4.21. The lowest BCUT2D eigenvalue weighted by atomic mass is 9.89. The van der Waals surface area contributed by atoms with E-state index in [1.54, 1.807) is 18.3 Å². The minimum atomic E-state index is 0.612. The molecule has 0 aliphatic heterocycles. The monoisotopic (exact) mass is 357 g/mol. The molecule has 3 heteroatoms. The van der Waals surface area contributed by atoms with Gasteiger partial charge in [0.1, 0.15) is 0 Å². The molecule has 130 valence electrons. The minimum Gasteiger partial charge on any atom is -0.256 e. The smallest absolute Gasteiger partial charge is 0.0991 e. The van der Waals surface area contributed by atoms with E-state index >= 15 is 0 Å². The number of rotatable bonds is 3. The third kappa shape index (κ3) is 3.26. The van der Waals surface area contributed by atoms with E-state index in [1.165, 1.54) is 0 Å². The molecule has 3 nitrogen and oxygen atoms in total. The maximum Gasteiger partial charge on any atom is 0.0991 e. The first-order valence-corrected chi connectivity index (χ1v) is 8.85. The Bertz CT molecular complexity index is 1150. The number of pyridine rings is 1. The summed E-state index contributed by atoms with van der Waals surface area (Å²) in [6.45, 7) is 0. The molecule has 0 fully saturated rings. The average molecular weight is 357 g/mol. The van der Waals surface area contributed by atoms with Gasteiger partial charge in [0.15, 0.2) is 0 Å². The Labute approximate surface area is 163 Å². The van der Waals surface area contributed by atoms with Gasteiger partial charge in [-0.05, 0) is 58.7 Å². The van der Waals surface area contributed by atoms with Gasteiger partial charge in [0, 0.05) is 11.8 Å². The molecule has 0 radical (unpaired) electrons. The van der Waals surface area contributed by atoms with Gasteiger partial charge in [0.25, 0.3) is 0 Å². The Balaban J connectivity index is 2.02. The van der Waals surface area contributed by atoms with Gasteiger partial charge in [-0.15, -0.1) is 0 Å². The van der Waals surface area contributed by atoms with Crippen molar-refractivity contribution in [3.05, 3.63) is 102 Å². The molecule has 4 rings (SSSR count). The van der Waals surface area contributed by atoms with Gasteiger partial charge in [-0.2, -0.15) is 10.5 Å². The number of aromatic nitrogens is 1. The Morgan fingerprint density at radius 1 is 0.607 bits per heavy atom. The van der Waals surface area contributed by atoms with E-state index in [-0.39, 0.29) is 0 Å². The lowest BCUT2D eigenvalue weighted by Gasteiger charge is -2.15. The SMILES string of the molecule is N#Cc1cccc(-c2cccc(-c3cccc(C#N)c3)c2-c2ccccn2)c1. The van der Waals surface area contributed by atoms with Crippen LogP contribution in [0, 0.1) is 22.7 Å². The molecule has 0 saturated heterocycles. The Morgan fingerprint density at radius 2 is 1.18 bits per heavy atom. The second-order valence-electron chi connectivity index (χ2n) is 6.33. The van der Waals surface area contributed by atoms with Gasteiger partial charge >= 0.3 is 0 Å². The molecule has 1 heterocycles. The van der Waals surface area contributed by atoms with Crippen LogP contribution in [0.2, 0.25) is 0 Å². The molecule has 28 heavy (non-hydrogen) atoms. The fourth-order valence-corrected chi connectivity index (χ4v) is 3.33. The number of nitriles is 2. The van der Waals surface area contributed by atoms with E-state index in [4.69, 9.17) is 0 Å². The van der Waals surface area contributed by atoms with Crippen molar-refractivity contribution in [2.24, 2.45) is 0 Å². The molecule has 0 saturated carbocycles. The highest BCUT2D eigenvalue weighted by Gasteiger charge is 2.15. The van der Waals surface area contributed by atoms with E-state index in [2.05, 4.69) is 17.1 Å². The van der Waals surface area contributed by atoms with Crippen molar-refractivity contribution < 1.29 is 0 Å². The highest BCUT2D eigenvalue weighted by atomic mass is 14.7. The average Bonchev–Trinajstić information content (AvgIpc) is 2.79. The number of nitrogens with zero attached hydrogens (tertiary/aromatic N) is 3. The summed E-state index contributed by atoms with van der Waals surface area (Å²) in [5, 5.41) is 18.6. The third-order valence-corrected chi connectivity index (χ3v) is 4.59. The molecule has 0 spiro atoms. The van der Waals surface area contributed by atoms with Crippen LogP contribution in [-0.2, 0) is 0 Å². The fraction of sp³-hybridized carbons (Fsp3) is 0. The zero-order valence-corrected chi connectivity index (χ0v) is 15.0. The van der Waals surface area contributed by atoms with Gasteiger partial charge in [-0.3, -0.25) is 4.98 Å². The van der Waals surface area contributed by atoms with Crippen molar-refractivity contribution in [1.29, 1.82) is 10.5 Å². The maximum atomic E-state index is 9.29. The lowest BCUT2D eigenvalue weighted by Crippen LogP contribution is -1.93. The molecule has 0 bridgehead atoms. The zero-order chi connectivity index (χ0) is 19.3. The molecule has 0 N–H and O–H groups in total. The topological polar surface area (TPSA) is 60.5 Å². The van der Waals surface area contributed by atoms with E-state index in [1.807, 2.05) is 72.8 Å². The molecule has 1 aromatic heterocycles. The van der Waals surface area contributed by atoms with E-state index < -0.39 is 0 Å². The summed E-state index contributed by atoms with van der Waals surface area (Å²) in [6, 6.07) is 31.4. The Kier molecular flexibility index (Phi) is 4.66. The molecular formula is C25H15N3. The van der Waals surface area contributed by atoms with Crippen LogP contribution in [-0.4, -0.2) is 4.98 Å². The zero-order valence-electron chi connectivity index (χ0n) is 15.0. The normalized spacial score (nSPS) is 10.1. The molecule has 0 aliphatic carbocycles. The minimum absolute atomic E-state index is 0.612. The predicted molar refractivity (Wildman–Crippen MR) is 110 cm³/mol. The molecule has 4 aromatic rings. The summed E-state index contributed by atoms with van der Waals surface area (Å²) in [7, 11) is 0.